The monoisotopic (exact) mass is 477 g/mol. The summed E-state index contributed by atoms with van der Waals surface area (Å²) < 4.78 is 10.9. The molecule has 0 bridgehead atoms. The number of hydrogen-bond acceptors (Lipinski definition) is 8. The Kier molecular flexibility index (Phi) is 8.34. The van der Waals surface area contributed by atoms with E-state index in [0.29, 0.717) is 36.2 Å². The second-order valence-corrected chi connectivity index (χ2v) is 9.10. The standard InChI is InChI=1S/C23H32ClN5O4/c1-17-2-3-18(12-20(17)24)25-23(31)21-16-33-22(26-21)15-28-6-4-27(5-7-28)13-19(30)14-29-8-10-32-11-9-29/h2-3,12,16,19,30H,4-11,13-15H2,1H3,(H,25,31). The number of aliphatic hydroxyl groups is 1. The Hall–Kier alpha value is -2.01. The number of carbonyl (C=O) groups is 1. The normalized spacial score (nSPS) is 19.5. The van der Waals surface area contributed by atoms with Gasteiger partial charge in [-0.2, -0.15) is 0 Å². The number of nitrogens with zero attached hydrogens (tertiary/aromatic N) is 4. The van der Waals surface area contributed by atoms with E-state index in [-0.39, 0.29) is 17.7 Å². The number of β-amino-alcohol motifs (C(OH)–C–C–N with tert-alkyl or cyclic N) is 1. The maximum Gasteiger partial charge on any atom is 0.277 e. The molecule has 0 radical (unpaired) electrons. The number of ether oxygens (including phenoxy) is 1. The molecular formula is C23H32ClN5O4. The number of aromatic nitrogens is 1. The Morgan fingerprint density at radius 3 is 2.48 bits per heavy atom. The predicted molar refractivity (Wildman–Crippen MR) is 126 cm³/mol. The van der Waals surface area contributed by atoms with Crippen LogP contribution in [-0.4, -0.2) is 102 Å². The number of hydrogen-bond donors (Lipinski definition) is 2. The Morgan fingerprint density at radius 2 is 1.79 bits per heavy atom. The first-order valence-corrected chi connectivity index (χ1v) is 11.8. The number of amides is 1. The van der Waals surface area contributed by atoms with Crippen molar-refractivity contribution in [2.75, 3.05) is 70.9 Å². The minimum atomic E-state index is -0.356. The minimum absolute atomic E-state index is 0.242. The van der Waals surface area contributed by atoms with Crippen molar-refractivity contribution in [2.45, 2.75) is 19.6 Å². The number of oxazole rings is 1. The fourth-order valence-electron chi connectivity index (χ4n) is 4.11. The lowest BCUT2D eigenvalue weighted by molar-refractivity contribution is 0.00187. The highest BCUT2D eigenvalue weighted by molar-refractivity contribution is 6.31. The fourth-order valence-corrected chi connectivity index (χ4v) is 4.29. The lowest BCUT2D eigenvalue weighted by Crippen LogP contribution is -2.50. The van der Waals surface area contributed by atoms with Gasteiger partial charge < -0.3 is 19.6 Å². The molecule has 1 aromatic heterocycles. The van der Waals surface area contributed by atoms with E-state index < -0.39 is 0 Å². The Labute approximate surface area is 199 Å². The van der Waals surface area contributed by atoms with Gasteiger partial charge in [0.25, 0.3) is 5.91 Å². The van der Waals surface area contributed by atoms with E-state index in [1.165, 1.54) is 6.26 Å². The first-order chi connectivity index (χ1) is 16.0. The smallest absolute Gasteiger partial charge is 0.277 e. The summed E-state index contributed by atoms with van der Waals surface area (Å²) in [5, 5.41) is 13.8. The summed E-state index contributed by atoms with van der Waals surface area (Å²) in [5.74, 6) is 0.187. The van der Waals surface area contributed by atoms with Crippen molar-refractivity contribution in [3.05, 3.63) is 46.6 Å². The summed E-state index contributed by atoms with van der Waals surface area (Å²) in [6.45, 7) is 10.6. The van der Waals surface area contributed by atoms with Crippen molar-refractivity contribution in [1.82, 2.24) is 19.7 Å². The van der Waals surface area contributed by atoms with Crippen LogP contribution in [0.3, 0.4) is 0 Å². The largest absolute Gasteiger partial charge is 0.447 e. The van der Waals surface area contributed by atoms with Crippen LogP contribution < -0.4 is 5.32 Å². The third-order valence-electron chi connectivity index (χ3n) is 6.08. The second-order valence-electron chi connectivity index (χ2n) is 8.69. The van der Waals surface area contributed by atoms with Crippen LogP contribution in [0.1, 0.15) is 21.9 Å². The highest BCUT2D eigenvalue weighted by atomic mass is 35.5. The first-order valence-electron chi connectivity index (χ1n) is 11.4. The van der Waals surface area contributed by atoms with Gasteiger partial charge in [-0.05, 0) is 24.6 Å². The summed E-state index contributed by atoms with van der Waals surface area (Å²) >= 11 is 6.12. The topological polar surface area (TPSA) is 94.3 Å². The van der Waals surface area contributed by atoms with Gasteiger partial charge in [0.2, 0.25) is 5.89 Å². The van der Waals surface area contributed by atoms with Gasteiger partial charge in [0.15, 0.2) is 5.69 Å². The summed E-state index contributed by atoms with van der Waals surface area (Å²) in [6, 6.07) is 5.37. The lowest BCUT2D eigenvalue weighted by atomic mass is 10.2. The molecule has 2 aliphatic heterocycles. The quantitative estimate of drug-likeness (QED) is 0.593. The molecule has 0 spiro atoms. The van der Waals surface area contributed by atoms with Crippen molar-refractivity contribution >= 4 is 23.2 Å². The number of rotatable bonds is 8. The number of nitrogens with one attached hydrogen (secondary N) is 1. The highest BCUT2D eigenvalue weighted by Gasteiger charge is 2.23. The van der Waals surface area contributed by atoms with Crippen molar-refractivity contribution in [3.8, 4) is 0 Å². The van der Waals surface area contributed by atoms with Crippen molar-refractivity contribution in [3.63, 3.8) is 0 Å². The van der Waals surface area contributed by atoms with Gasteiger partial charge in [-0.3, -0.25) is 19.5 Å². The van der Waals surface area contributed by atoms with Gasteiger partial charge in [0.1, 0.15) is 6.26 Å². The van der Waals surface area contributed by atoms with Crippen LogP contribution in [0.5, 0.6) is 0 Å². The van der Waals surface area contributed by atoms with Crippen molar-refractivity contribution in [1.29, 1.82) is 0 Å². The first kappa shape index (κ1) is 24.1. The maximum absolute atomic E-state index is 12.5. The molecule has 10 heteroatoms. The zero-order valence-electron chi connectivity index (χ0n) is 19.0. The summed E-state index contributed by atoms with van der Waals surface area (Å²) in [5.41, 5.74) is 1.81. The molecule has 0 saturated carbocycles. The van der Waals surface area contributed by atoms with E-state index in [2.05, 4.69) is 25.0 Å². The molecule has 2 saturated heterocycles. The molecule has 2 aromatic rings. The van der Waals surface area contributed by atoms with Gasteiger partial charge in [0.05, 0.1) is 25.9 Å². The van der Waals surface area contributed by atoms with Crippen molar-refractivity contribution in [2.24, 2.45) is 0 Å². The molecule has 2 aliphatic rings. The number of piperazine rings is 1. The minimum Gasteiger partial charge on any atom is -0.447 e. The van der Waals surface area contributed by atoms with E-state index in [1.807, 2.05) is 13.0 Å². The number of halogens is 1. The van der Waals surface area contributed by atoms with Crippen LogP contribution in [-0.2, 0) is 11.3 Å². The number of anilines is 1. The Bertz CT molecular complexity index is 925. The molecule has 180 valence electrons. The molecule has 1 atom stereocenters. The van der Waals surface area contributed by atoms with Gasteiger partial charge >= 0.3 is 0 Å². The van der Waals surface area contributed by atoms with Crippen LogP contribution >= 0.6 is 11.6 Å². The summed E-state index contributed by atoms with van der Waals surface area (Å²) in [6.07, 6.45) is 1.03. The lowest BCUT2D eigenvalue weighted by Gasteiger charge is -2.36. The van der Waals surface area contributed by atoms with Crippen LogP contribution in [0.25, 0.3) is 0 Å². The molecule has 1 unspecified atom stereocenters. The van der Waals surface area contributed by atoms with Gasteiger partial charge in [-0.25, -0.2) is 4.98 Å². The molecule has 3 heterocycles. The van der Waals surface area contributed by atoms with E-state index in [0.717, 1.165) is 58.0 Å². The molecule has 1 aromatic carbocycles. The summed E-state index contributed by atoms with van der Waals surface area (Å²) in [4.78, 5) is 23.6. The number of carbonyl (C=O) groups excluding carboxylic acids is 1. The molecule has 33 heavy (non-hydrogen) atoms. The zero-order valence-corrected chi connectivity index (χ0v) is 19.8. The van der Waals surface area contributed by atoms with Crippen molar-refractivity contribution < 1.29 is 19.1 Å². The number of morpholine rings is 1. The fraction of sp³-hybridized carbons (Fsp3) is 0.565. The number of aliphatic hydroxyl groups excluding tert-OH is 1. The Balaban J connectivity index is 1.20. The van der Waals surface area contributed by atoms with E-state index in [4.69, 9.17) is 20.8 Å². The van der Waals surface area contributed by atoms with E-state index in [1.54, 1.807) is 12.1 Å². The molecule has 2 fully saturated rings. The maximum atomic E-state index is 12.5. The molecule has 2 N–H and O–H groups in total. The Morgan fingerprint density at radius 1 is 1.12 bits per heavy atom. The third-order valence-corrected chi connectivity index (χ3v) is 6.49. The molecule has 9 nitrogen and oxygen atoms in total. The van der Waals surface area contributed by atoms with E-state index >= 15 is 0 Å². The zero-order chi connectivity index (χ0) is 23.2. The van der Waals surface area contributed by atoms with Gasteiger partial charge in [0, 0.05) is 63.1 Å². The number of aryl methyl sites for hydroxylation is 1. The molecule has 4 rings (SSSR count). The second kappa shape index (κ2) is 11.4. The van der Waals surface area contributed by atoms with E-state index in [9.17, 15) is 9.90 Å². The average Bonchev–Trinajstić information content (AvgIpc) is 3.27. The molecule has 0 aliphatic carbocycles. The van der Waals surface area contributed by atoms with Crippen LogP contribution in [0, 0.1) is 6.92 Å². The molecular weight excluding hydrogens is 446 g/mol. The van der Waals surface area contributed by atoms with Gasteiger partial charge in [-0.15, -0.1) is 0 Å². The van der Waals surface area contributed by atoms with Gasteiger partial charge in [-0.1, -0.05) is 17.7 Å². The van der Waals surface area contributed by atoms with Crippen LogP contribution in [0.15, 0.2) is 28.9 Å². The summed E-state index contributed by atoms with van der Waals surface area (Å²) in [7, 11) is 0. The molecule has 1 amide bonds. The number of benzene rings is 1. The highest BCUT2D eigenvalue weighted by Crippen LogP contribution is 2.20. The van der Waals surface area contributed by atoms with Crippen LogP contribution in [0.4, 0.5) is 5.69 Å². The third kappa shape index (κ3) is 6.99. The SMILES string of the molecule is Cc1ccc(NC(=O)c2coc(CN3CCN(CC(O)CN4CCOCC4)CC3)n2)cc1Cl. The van der Waals surface area contributed by atoms with Crippen LogP contribution in [0.2, 0.25) is 5.02 Å². The average molecular weight is 478 g/mol. The predicted octanol–water partition coefficient (Wildman–Crippen LogP) is 1.70.